The van der Waals surface area contributed by atoms with E-state index in [-0.39, 0.29) is 5.82 Å². The Morgan fingerprint density at radius 1 is 1.38 bits per heavy atom. The number of hydrogen-bond acceptors (Lipinski definition) is 3. The summed E-state index contributed by atoms with van der Waals surface area (Å²) in [6.07, 6.45) is 0. The van der Waals surface area contributed by atoms with Crippen molar-refractivity contribution in [3.63, 3.8) is 0 Å². The predicted octanol–water partition coefficient (Wildman–Crippen LogP) is -0.736. The van der Waals surface area contributed by atoms with Crippen LogP contribution in [0.3, 0.4) is 0 Å². The number of benzene rings is 1. The topological polar surface area (TPSA) is 54.5 Å². The van der Waals surface area contributed by atoms with Crippen LogP contribution in [0.5, 0.6) is 0 Å². The van der Waals surface area contributed by atoms with Crippen LogP contribution in [-0.4, -0.2) is 28.5 Å². The molecule has 0 spiro atoms. The van der Waals surface area contributed by atoms with Crippen LogP contribution in [0.1, 0.15) is 0 Å². The summed E-state index contributed by atoms with van der Waals surface area (Å²) in [7, 11) is 1.87. The molecule has 0 fully saturated rings. The first-order valence-electron chi connectivity index (χ1n) is 3.77. The molecule has 13 heavy (non-hydrogen) atoms. The molecule has 1 aromatic heterocycles. The summed E-state index contributed by atoms with van der Waals surface area (Å²) in [5, 5.41) is 13.1. The normalized spacial score (nSPS) is 10.2. The number of tetrazole rings is 1. The lowest BCUT2D eigenvalue weighted by atomic mass is 9.90. The molecule has 0 unspecified atom stereocenters. The van der Waals surface area contributed by atoms with Gasteiger partial charge in [-0.15, -0.1) is 5.10 Å². The fraction of sp³-hybridized carbons (Fsp3) is 0. The van der Waals surface area contributed by atoms with Crippen molar-refractivity contribution in [2.75, 3.05) is 0 Å². The molecule has 0 atom stereocenters. The molecular weight excluding hydrogens is 170 g/mol. The molecular formula is C7H6BFN4. The first kappa shape index (κ1) is 7.91. The van der Waals surface area contributed by atoms with Gasteiger partial charge >= 0.3 is 0 Å². The SMILES string of the molecule is Bc1ccc(F)cc1-c1nnn[nH]1. The van der Waals surface area contributed by atoms with Crippen LogP contribution in [0, 0.1) is 5.82 Å². The van der Waals surface area contributed by atoms with Crippen molar-refractivity contribution in [3.8, 4) is 11.4 Å². The van der Waals surface area contributed by atoms with Crippen LogP contribution >= 0.6 is 0 Å². The maximum absolute atomic E-state index is 12.9. The number of rotatable bonds is 1. The Bertz CT molecular complexity index is 414. The zero-order valence-corrected chi connectivity index (χ0v) is 6.95. The van der Waals surface area contributed by atoms with Gasteiger partial charge in [-0.2, -0.15) is 0 Å². The highest BCUT2D eigenvalue weighted by molar-refractivity contribution is 6.35. The van der Waals surface area contributed by atoms with Gasteiger partial charge in [0.05, 0.1) is 0 Å². The van der Waals surface area contributed by atoms with Crippen molar-refractivity contribution in [1.82, 2.24) is 20.6 Å². The van der Waals surface area contributed by atoms with Gasteiger partial charge in [-0.25, -0.2) is 9.49 Å². The smallest absolute Gasteiger partial charge is 0.178 e. The molecule has 0 saturated heterocycles. The monoisotopic (exact) mass is 176 g/mol. The average molecular weight is 176 g/mol. The minimum atomic E-state index is -0.294. The van der Waals surface area contributed by atoms with E-state index in [2.05, 4.69) is 20.6 Å². The fourth-order valence-corrected chi connectivity index (χ4v) is 1.12. The molecule has 0 amide bonds. The van der Waals surface area contributed by atoms with Gasteiger partial charge in [0, 0.05) is 5.56 Å². The number of H-pyrrole nitrogens is 1. The summed E-state index contributed by atoms with van der Waals surface area (Å²) >= 11 is 0. The van der Waals surface area contributed by atoms with Crippen LogP contribution in [0.25, 0.3) is 11.4 Å². The molecule has 6 heteroatoms. The number of nitrogens with one attached hydrogen (secondary N) is 1. The van der Waals surface area contributed by atoms with Crippen LogP contribution in [0.15, 0.2) is 18.2 Å². The molecule has 0 saturated carbocycles. The van der Waals surface area contributed by atoms with Crippen molar-refractivity contribution in [1.29, 1.82) is 0 Å². The number of hydrogen-bond donors (Lipinski definition) is 1. The van der Waals surface area contributed by atoms with E-state index < -0.39 is 0 Å². The number of aromatic amines is 1. The lowest BCUT2D eigenvalue weighted by Gasteiger charge is -2.00. The van der Waals surface area contributed by atoms with Gasteiger partial charge in [0.25, 0.3) is 0 Å². The van der Waals surface area contributed by atoms with Crippen molar-refractivity contribution >= 4 is 13.3 Å². The lowest BCUT2D eigenvalue weighted by Crippen LogP contribution is -2.07. The highest BCUT2D eigenvalue weighted by atomic mass is 19.1. The Morgan fingerprint density at radius 2 is 2.23 bits per heavy atom. The summed E-state index contributed by atoms with van der Waals surface area (Å²) in [6.45, 7) is 0. The van der Waals surface area contributed by atoms with Crippen molar-refractivity contribution in [2.45, 2.75) is 0 Å². The predicted molar refractivity (Wildman–Crippen MR) is 47.7 cm³/mol. The van der Waals surface area contributed by atoms with E-state index in [0.717, 1.165) is 5.46 Å². The Balaban J connectivity index is 2.57. The van der Waals surface area contributed by atoms with Gasteiger partial charge in [0.2, 0.25) is 0 Å². The zero-order valence-electron chi connectivity index (χ0n) is 6.95. The summed E-state index contributed by atoms with van der Waals surface area (Å²) < 4.78 is 12.9. The van der Waals surface area contributed by atoms with E-state index in [0.29, 0.717) is 11.4 Å². The molecule has 1 N–H and O–H groups in total. The van der Waals surface area contributed by atoms with Gasteiger partial charge in [-0.05, 0) is 22.6 Å². The van der Waals surface area contributed by atoms with Crippen molar-refractivity contribution < 1.29 is 4.39 Å². The molecule has 2 rings (SSSR count). The van der Waals surface area contributed by atoms with Gasteiger partial charge in [-0.3, -0.25) is 0 Å². The second-order valence-electron chi connectivity index (χ2n) is 2.71. The van der Waals surface area contributed by atoms with Crippen molar-refractivity contribution in [3.05, 3.63) is 24.0 Å². The van der Waals surface area contributed by atoms with E-state index in [9.17, 15) is 4.39 Å². The number of aromatic nitrogens is 4. The minimum Gasteiger partial charge on any atom is -0.239 e. The zero-order chi connectivity index (χ0) is 9.26. The van der Waals surface area contributed by atoms with E-state index in [4.69, 9.17) is 0 Å². The molecule has 0 aliphatic heterocycles. The van der Waals surface area contributed by atoms with E-state index in [1.165, 1.54) is 12.1 Å². The van der Waals surface area contributed by atoms with E-state index in [1.807, 2.05) is 7.85 Å². The fourth-order valence-electron chi connectivity index (χ4n) is 1.12. The van der Waals surface area contributed by atoms with Gasteiger partial charge in [0.1, 0.15) is 13.7 Å². The number of halogens is 1. The van der Waals surface area contributed by atoms with Crippen LogP contribution in [0.2, 0.25) is 0 Å². The molecule has 1 aromatic carbocycles. The molecule has 64 valence electrons. The summed E-state index contributed by atoms with van der Waals surface area (Å²) in [5.74, 6) is 0.189. The summed E-state index contributed by atoms with van der Waals surface area (Å²) in [5.41, 5.74) is 1.62. The Morgan fingerprint density at radius 3 is 2.92 bits per heavy atom. The second-order valence-corrected chi connectivity index (χ2v) is 2.71. The molecule has 0 radical (unpaired) electrons. The Kier molecular flexibility index (Phi) is 1.81. The van der Waals surface area contributed by atoms with Crippen molar-refractivity contribution in [2.24, 2.45) is 0 Å². The lowest BCUT2D eigenvalue weighted by molar-refractivity contribution is 0.628. The Labute approximate surface area is 74.6 Å². The molecule has 0 aliphatic rings. The molecule has 0 bridgehead atoms. The average Bonchev–Trinajstić information content (AvgIpc) is 2.61. The molecule has 4 nitrogen and oxygen atoms in total. The summed E-state index contributed by atoms with van der Waals surface area (Å²) in [4.78, 5) is 0. The van der Waals surface area contributed by atoms with Crippen LogP contribution in [0.4, 0.5) is 4.39 Å². The van der Waals surface area contributed by atoms with Crippen LogP contribution < -0.4 is 5.46 Å². The van der Waals surface area contributed by atoms with Crippen LogP contribution in [-0.2, 0) is 0 Å². The third-order valence-corrected chi connectivity index (χ3v) is 1.80. The van der Waals surface area contributed by atoms with Gasteiger partial charge < -0.3 is 0 Å². The maximum atomic E-state index is 12.9. The molecule has 1 heterocycles. The van der Waals surface area contributed by atoms with Gasteiger partial charge in [-0.1, -0.05) is 11.5 Å². The first-order valence-corrected chi connectivity index (χ1v) is 3.77. The van der Waals surface area contributed by atoms with Gasteiger partial charge in [0.15, 0.2) is 5.82 Å². The second kappa shape index (κ2) is 2.97. The quantitative estimate of drug-likeness (QED) is 0.582. The largest absolute Gasteiger partial charge is 0.239 e. The third kappa shape index (κ3) is 1.42. The Hall–Kier alpha value is -1.72. The maximum Gasteiger partial charge on any atom is 0.178 e. The van der Waals surface area contributed by atoms with E-state index >= 15 is 0 Å². The van der Waals surface area contributed by atoms with E-state index in [1.54, 1.807) is 6.07 Å². The highest BCUT2D eigenvalue weighted by Gasteiger charge is 2.05. The third-order valence-electron chi connectivity index (χ3n) is 1.80. The summed E-state index contributed by atoms with van der Waals surface area (Å²) in [6, 6.07) is 4.49. The highest BCUT2D eigenvalue weighted by Crippen LogP contribution is 2.10. The first-order chi connectivity index (χ1) is 6.27. The standard InChI is InChI=1S/C7H6BFN4/c8-6-2-1-4(9)3-5(6)7-10-12-13-11-7/h1-3H,8H2,(H,10,11,12,13). The number of nitrogens with zero attached hydrogens (tertiary/aromatic N) is 3. The molecule has 0 aliphatic carbocycles. The molecule has 2 aromatic rings. The minimum absolute atomic E-state index is 0.294.